The molecule has 1 heterocycles. The van der Waals surface area contributed by atoms with E-state index in [1.54, 1.807) is 6.08 Å². The number of hydrogen-bond donors (Lipinski definition) is 6. The Morgan fingerprint density at radius 1 is 0.486 bits per heavy atom. The molecule has 0 bridgehead atoms. The molecule has 1 fully saturated rings. The van der Waals surface area contributed by atoms with Gasteiger partial charge in [0.05, 0.1) is 32.0 Å². The minimum atomic E-state index is -1.58. The third-order valence-electron chi connectivity index (χ3n) is 14.7. The van der Waals surface area contributed by atoms with Crippen LogP contribution in [-0.2, 0) is 23.8 Å². The first-order valence-electron chi connectivity index (χ1n) is 31.3. The van der Waals surface area contributed by atoms with E-state index in [9.17, 15) is 35.1 Å². The Morgan fingerprint density at radius 3 is 1.32 bits per heavy atom. The normalized spacial score (nSPS) is 19.0. The summed E-state index contributed by atoms with van der Waals surface area (Å²) in [5, 5.41) is 54.3. The molecule has 1 amide bonds. The molecule has 1 aliphatic rings. The quantitative estimate of drug-likeness (QED) is 0.0195. The Kier molecular flexibility index (Phi) is 50.0. The van der Waals surface area contributed by atoms with Crippen molar-refractivity contribution in [2.75, 3.05) is 19.8 Å². The molecule has 0 aromatic heterocycles. The van der Waals surface area contributed by atoms with Gasteiger partial charge in [-0.1, -0.05) is 262 Å². The lowest BCUT2D eigenvalue weighted by Gasteiger charge is -2.40. The maximum absolute atomic E-state index is 13.0. The van der Waals surface area contributed by atoms with Gasteiger partial charge >= 0.3 is 5.97 Å². The SMILES string of the molecule is CCCC/C=C/CC/C=C/CC/C=C/C(O)C(COC1OC(CO)C(O)C(O)C1O)NC(=O)CCCCCCCCCCCCCCCCCCCCCCCCCOC(=O)CCCCCCCCCCCCC. The Bertz CT molecular complexity index is 1320. The van der Waals surface area contributed by atoms with Crippen LogP contribution in [0.3, 0.4) is 0 Å². The van der Waals surface area contributed by atoms with Gasteiger partial charge in [-0.05, 0) is 51.4 Å². The van der Waals surface area contributed by atoms with E-state index in [4.69, 9.17) is 14.2 Å². The largest absolute Gasteiger partial charge is 0.466 e. The molecule has 434 valence electrons. The molecule has 0 aromatic rings. The van der Waals surface area contributed by atoms with Gasteiger partial charge in [-0.3, -0.25) is 9.59 Å². The number of amides is 1. The summed E-state index contributed by atoms with van der Waals surface area (Å²) in [5.41, 5.74) is 0. The predicted molar refractivity (Wildman–Crippen MR) is 306 cm³/mol. The predicted octanol–water partition coefficient (Wildman–Crippen LogP) is 14.7. The van der Waals surface area contributed by atoms with Gasteiger partial charge in [0.1, 0.15) is 24.4 Å². The van der Waals surface area contributed by atoms with Gasteiger partial charge in [0.15, 0.2) is 6.29 Å². The van der Waals surface area contributed by atoms with Crippen molar-refractivity contribution in [2.45, 2.75) is 333 Å². The number of unbranched alkanes of at least 4 members (excludes halogenated alkanes) is 36. The highest BCUT2D eigenvalue weighted by Crippen LogP contribution is 2.23. The average Bonchev–Trinajstić information content (AvgIpc) is 3.40. The van der Waals surface area contributed by atoms with Crippen LogP contribution >= 0.6 is 0 Å². The monoisotopic (exact) mass is 1050 g/mol. The van der Waals surface area contributed by atoms with Crippen LogP contribution in [0.4, 0.5) is 0 Å². The minimum Gasteiger partial charge on any atom is -0.466 e. The number of carbonyl (C=O) groups excluding carboxylic acids is 2. The molecule has 1 aliphatic heterocycles. The molecule has 1 rings (SSSR count). The number of aliphatic hydroxyl groups is 5. The van der Waals surface area contributed by atoms with E-state index in [-0.39, 0.29) is 18.5 Å². The Morgan fingerprint density at radius 2 is 0.878 bits per heavy atom. The number of nitrogens with one attached hydrogen (secondary N) is 1. The first-order chi connectivity index (χ1) is 36.2. The van der Waals surface area contributed by atoms with Crippen molar-refractivity contribution in [1.82, 2.24) is 5.32 Å². The minimum absolute atomic E-state index is 0.00155. The van der Waals surface area contributed by atoms with Crippen LogP contribution in [0.5, 0.6) is 0 Å². The van der Waals surface area contributed by atoms with E-state index in [2.05, 4.69) is 43.5 Å². The van der Waals surface area contributed by atoms with Crippen molar-refractivity contribution in [3.05, 3.63) is 36.5 Å². The highest BCUT2D eigenvalue weighted by Gasteiger charge is 2.44. The number of ether oxygens (including phenoxy) is 3. The van der Waals surface area contributed by atoms with Crippen LogP contribution in [0, 0.1) is 0 Å². The van der Waals surface area contributed by atoms with E-state index >= 15 is 0 Å². The van der Waals surface area contributed by atoms with Crippen LogP contribution in [0.2, 0.25) is 0 Å². The number of hydrogen-bond acceptors (Lipinski definition) is 10. The summed E-state index contributed by atoms with van der Waals surface area (Å²) in [7, 11) is 0. The van der Waals surface area contributed by atoms with E-state index < -0.39 is 49.5 Å². The number of aliphatic hydroxyl groups excluding tert-OH is 5. The number of rotatable bonds is 54. The maximum Gasteiger partial charge on any atom is 0.305 e. The topological polar surface area (TPSA) is 175 Å². The highest BCUT2D eigenvalue weighted by molar-refractivity contribution is 5.76. The van der Waals surface area contributed by atoms with Gasteiger partial charge in [0.2, 0.25) is 5.91 Å². The summed E-state index contributed by atoms with van der Waals surface area (Å²) >= 11 is 0. The lowest BCUT2D eigenvalue weighted by atomic mass is 9.99. The van der Waals surface area contributed by atoms with Crippen LogP contribution in [0.25, 0.3) is 0 Å². The summed E-state index contributed by atoms with van der Waals surface area (Å²) in [5.74, 6) is -0.195. The summed E-state index contributed by atoms with van der Waals surface area (Å²) in [6.45, 7) is 4.28. The van der Waals surface area contributed by atoms with Crippen molar-refractivity contribution in [3.63, 3.8) is 0 Å². The molecule has 7 atom stereocenters. The first kappa shape index (κ1) is 69.9. The van der Waals surface area contributed by atoms with Crippen LogP contribution in [0.15, 0.2) is 36.5 Å². The zero-order valence-electron chi connectivity index (χ0n) is 47.8. The van der Waals surface area contributed by atoms with Crippen molar-refractivity contribution in [1.29, 1.82) is 0 Å². The van der Waals surface area contributed by atoms with E-state index in [1.165, 1.54) is 193 Å². The third-order valence-corrected chi connectivity index (χ3v) is 14.7. The fourth-order valence-corrected chi connectivity index (χ4v) is 9.75. The van der Waals surface area contributed by atoms with Crippen LogP contribution < -0.4 is 5.32 Å². The summed E-state index contributed by atoms with van der Waals surface area (Å²) in [4.78, 5) is 25.0. The fourth-order valence-electron chi connectivity index (χ4n) is 9.75. The van der Waals surface area contributed by atoms with Crippen molar-refractivity contribution < 1.29 is 49.3 Å². The standard InChI is InChI=1S/C63H117NO10/c1-3-5-7-9-11-13-15-30-33-37-41-45-49-56(66)55(54-73-63-62(71)61(70)60(69)57(53-65)74-63)64-58(67)50-46-42-38-34-31-27-25-23-21-19-17-16-18-20-22-24-26-28-32-36-40-44-48-52-72-59(68)51-47-43-39-35-29-14-12-10-8-6-4-2/h9,11,30,33,45,49,55-57,60-63,65-66,69-71H,3-8,10,12-29,31-32,34-44,46-48,50-54H2,1-2H3,(H,64,67)/b11-9+,33-30+,49-45+. The highest BCUT2D eigenvalue weighted by atomic mass is 16.7. The van der Waals surface area contributed by atoms with Crippen LogP contribution in [0.1, 0.15) is 290 Å². The maximum atomic E-state index is 13.0. The molecule has 6 N–H and O–H groups in total. The van der Waals surface area contributed by atoms with Crippen LogP contribution in [-0.4, -0.2) is 100 Å². The molecule has 11 heteroatoms. The molecule has 11 nitrogen and oxygen atoms in total. The third kappa shape index (κ3) is 42.0. The molecule has 0 saturated carbocycles. The molecule has 0 aromatic carbocycles. The van der Waals surface area contributed by atoms with E-state index in [1.807, 2.05) is 6.08 Å². The second-order valence-corrected chi connectivity index (χ2v) is 21.8. The van der Waals surface area contributed by atoms with Gasteiger partial charge in [0, 0.05) is 12.8 Å². The van der Waals surface area contributed by atoms with Gasteiger partial charge in [-0.15, -0.1) is 0 Å². The summed E-state index contributed by atoms with van der Waals surface area (Å²) in [6.07, 6.45) is 55.4. The van der Waals surface area contributed by atoms with Crippen molar-refractivity contribution in [3.8, 4) is 0 Å². The second-order valence-electron chi connectivity index (χ2n) is 21.8. The van der Waals surface area contributed by atoms with Gasteiger partial charge in [-0.2, -0.15) is 0 Å². The molecule has 74 heavy (non-hydrogen) atoms. The zero-order valence-corrected chi connectivity index (χ0v) is 47.8. The Labute approximate surface area is 453 Å². The smallest absolute Gasteiger partial charge is 0.305 e. The van der Waals surface area contributed by atoms with E-state index in [0.29, 0.717) is 19.4 Å². The first-order valence-corrected chi connectivity index (χ1v) is 31.3. The van der Waals surface area contributed by atoms with Gasteiger partial charge < -0.3 is 45.1 Å². The molecular weight excluding hydrogens is 931 g/mol. The molecule has 0 aliphatic carbocycles. The van der Waals surface area contributed by atoms with Gasteiger partial charge in [-0.25, -0.2) is 0 Å². The lowest BCUT2D eigenvalue weighted by molar-refractivity contribution is -0.302. The fraction of sp³-hybridized carbons (Fsp3) is 0.873. The van der Waals surface area contributed by atoms with Crippen molar-refractivity contribution >= 4 is 11.9 Å². The van der Waals surface area contributed by atoms with Crippen molar-refractivity contribution in [2.24, 2.45) is 0 Å². The average molecular weight is 1050 g/mol. The molecule has 1 saturated heterocycles. The second kappa shape index (κ2) is 52.9. The Hall–Kier alpha value is -2.12. The molecule has 0 radical (unpaired) electrons. The molecular formula is C63H117NO10. The summed E-state index contributed by atoms with van der Waals surface area (Å²) < 4.78 is 16.7. The van der Waals surface area contributed by atoms with E-state index in [0.717, 1.165) is 70.6 Å². The number of esters is 1. The molecule has 7 unspecified atom stereocenters. The summed E-state index contributed by atoms with van der Waals surface area (Å²) in [6, 6.07) is -0.834. The molecule has 0 spiro atoms. The Balaban J connectivity index is 2.03. The zero-order chi connectivity index (χ0) is 53.8. The number of allylic oxidation sites excluding steroid dienone is 5. The lowest BCUT2D eigenvalue weighted by Crippen LogP contribution is -2.60. The number of carbonyl (C=O) groups is 2. The van der Waals surface area contributed by atoms with Gasteiger partial charge in [0.25, 0.3) is 0 Å².